The summed E-state index contributed by atoms with van der Waals surface area (Å²) in [6.45, 7) is 1.94. The van der Waals surface area contributed by atoms with Crippen molar-refractivity contribution in [2.24, 2.45) is 11.8 Å². The molecule has 1 amide bonds. The molecule has 1 fully saturated rings. The fraction of sp³-hybridized carbons (Fsp3) is 0.267. The molecular weight excluding hydrogens is 274 g/mol. The number of fused-ring (bicyclic) bond motifs is 1. The van der Waals surface area contributed by atoms with Gasteiger partial charge in [0.15, 0.2) is 0 Å². The van der Waals surface area contributed by atoms with Gasteiger partial charge in [-0.05, 0) is 23.8 Å². The third-order valence-corrected chi connectivity index (χ3v) is 5.13. The van der Waals surface area contributed by atoms with Crippen LogP contribution in [0.4, 0.5) is 0 Å². The van der Waals surface area contributed by atoms with E-state index in [-0.39, 0.29) is 16.7 Å². The zero-order valence-corrected chi connectivity index (χ0v) is 11.9. The van der Waals surface area contributed by atoms with Crippen LogP contribution in [0.15, 0.2) is 47.4 Å². The van der Waals surface area contributed by atoms with Gasteiger partial charge in [0.1, 0.15) is 0 Å². The Hall–Kier alpha value is -1.88. The van der Waals surface area contributed by atoms with Gasteiger partial charge < -0.3 is 0 Å². The van der Waals surface area contributed by atoms with Gasteiger partial charge in [-0.15, -0.1) is 0 Å². The second-order valence-electron chi connectivity index (χ2n) is 5.27. The lowest BCUT2D eigenvalue weighted by Crippen LogP contribution is -2.32. The van der Waals surface area contributed by atoms with Gasteiger partial charge in [-0.3, -0.25) is 4.79 Å². The molecule has 2 aromatic rings. The van der Waals surface area contributed by atoms with Crippen molar-refractivity contribution in [3.8, 4) is 0 Å². The first-order valence-corrected chi connectivity index (χ1v) is 8.02. The molecule has 3 rings (SSSR count). The number of amides is 1. The molecule has 104 valence electrons. The zero-order valence-electron chi connectivity index (χ0n) is 11.0. The molecule has 1 aliphatic carbocycles. The Bertz CT molecular complexity index is 777. The molecule has 0 aliphatic heterocycles. The molecule has 0 spiro atoms. The van der Waals surface area contributed by atoms with Crippen LogP contribution in [0.5, 0.6) is 0 Å². The minimum Gasteiger partial charge on any atom is -0.274 e. The number of benzene rings is 2. The van der Waals surface area contributed by atoms with E-state index in [1.165, 1.54) is 6.07 Å². The highest BCUT2D eigenvalue weighted by Gasteiger charge is 2.40. The van der Waals surface area contributed by atoms with Crippen molar-refractivity contribution >= 4 is 26.7 Å². The highest BCUT2D eigenvalue weighted by Crippen LogP contribution is 2.38. The molecule has 2 atom stereocenters. The van der Waals surface area contributed by atoms with Crippen LogP contribution in [-0.4, -0.2) is 14.3 Å². The van der Waals surface area contributed by atoms with Gasteiger partial charge >= 0.3 is 0 Å². The van der Waals surface area contributed by atoms with Crippen LogP contribution in [-0.2, 0) is 14.8 Å². The maximum atomic E-state index is 12.4. The molecule has 0 unspecified atom stereocenters. The average Bonchev–Trinajstić information content (AvgIpc) is 3.15. The van der Waals surface area contributed by atoms with E-state index in [1.807, 2.05) is 25.1 Å². The van der Waals surface area contributed by atoms with Crippen molar-refractivity contribution < 1.29 is 13.2 Å². The smallest absolute Gasteiger partial charge is 0.264 e. The quantitative estimate of drug-likeness (QED) is 0.943. The Labute approximate surface area is 117 Å². The number of hydrogen-bond acceptors (Lipinski definition) is 3. The van der Waals surface area contributed by atoms with Crippen LogP contribution in [0.1, 0.15) is 13.3 Å². The molecule has 0 aromatic heterocycles. The van der Waals surface area contributed by atoms with Gasteiger partial charge in [0.05, 0.1) is 4.90 Å². The summed E-state index contributed by atoms with van der Waals surface area (Å²) in [5, 5.41) is 1.46. The molecular formula is C15H15NO3S. The highest BCUT2D eigenvalue weighted by molar-refractivity contribution is 7.90. The molecule has 0 radical (unpaired) electrons. The molecule has 1 N–H and O–H groups in total. The number of carbonyl (C=O) groups excluding carboxylic acids is 1. The lowest BCUT2D eigenvalue weighted by molar-refractivity contribution is -0.120. The van der Waals surface area contributed by atoms with Crippen molar-refractivity contribution in [2.45, 2.75) is 18.2 Å². The SMILES string of the molecule is C[C@@H]1C[C@@H]1C(=O)NS(=O)(=O)c1cccc2ccccc12. The monoisotopic (exact) mass is 289 g/mol. The van der Waals surface area contributed by atoms with E-state index in [1.54, 1.807) is 18.2 Å². The van der Waals surface area contributed by atoms with Crippen molar-refractivity contribution in [3.05, 3.63) is 42.5 Å². The standard InChI is InChI=1S/C15H15NO3S/c1-10-9-13(10)15(17)16-20(18,19)14-8-4-6-11-5-2-3-7-12(11)14/h2-8,10,13H,9H2,1H3,(H,16,17)/t10-,13+/m1/s1. The van der Waals surface area contributed by atoms with E-state index in [0.29, 0.717) is 5.39 Å². The summed E-state index contributed by atoms with van der Waals surface area (Å²) in [6, 6.07) is 12.3. The van der Waals surface area contributed by atoms with E-state index in [2.05, 4.69) is 4.72 Å². The average molecular weight is 289 g/mol. The molecule has 5 heteroatoms. The maximum Gasteiger partial charge on any atom is 0.264 e. The van der Waals surface area contributed by atoms with E-state index in [0.717, 1.165) is 11.8 Å². The highest BCUT2D eigenvalue weighted by atomic mass is 32.2. The number of rotatable bonds is 3. The molecule has 0 bridgehead atoms. The first-order chi connectivity index (χ1) is 9.49. The maximum absolute atomic E-state index is 12.4. The summed E-state index contributed by atoms with van der Waals surface area (Å²) in [4.78, 5) is 12.0. The van der Waals surface area contributed by atoms with Crippen molar-refractivity contribution in [1.29, 1.82) is 0 Å². The van der Waals surface area contributed by atoms with E-state index < -0.39 is 15.9 Å². The third kappa shape index (κ3) is 2.29. The predicted octanol–water partition coefficient (Wildman–Crippen LogP) is 2.30. The molecule has 4 nitrogen and oxygen atoms in total. The topological polar surface area (TPSA) is 63.2 Å². The summed E-state index contributed by atoms with van der Waals surface area (Å²) in [6.07, 6.45) is 0.761. The van der Waals surface area contributed by atoms with Gasteiger partial charge in [-0.2, -0.15) is 0 Å². The largest absolute Gasteiger partial charge is 0.274 e. The van der Waals surface area contributed by atoms with Crippen LogP contribution in [0.25, 0.3) is 10.8 Å². The van der Waals surface area contributed by atoms with E-state index in [9.17, 15) is 13.2 Å². The zero-order chi connectivity index (χ0) is 14.3. The molecule has 1 aliphatic rings. The minimum atomic E-state index is -3.81. The van der Waals surface area contributed by atoms with Crippen LogP contribution in [0, 0.1) is 11.8 Å². The fourth-order valence-electron chi connectivity index (χ4n) is 2.38. The van der Waals surface area contributed by atoms with Crippen LogP contribution >= 0.6 is 0 Å². The summed E-state index contributed by atoms with van der Waals surface area (Å²) in [7, 11) is -3.81. The van der Waals surface area contributed by atoms with E-state index >= 15 is 0 Å². The molecule has 1 saturated carbocycles. The molecule has 20 heavy (non-hydrogen) atoms. The number of sulfonamides is 1. The Morgan fingerprint density at radius 3 is 2.50 bits per heavy atom. The van der Waals surface area contributed by atoms with Crippen LogP contribution in [0.3, 0.4) is 0 Å². The second kappa shape index (κ2) is 4.59. The van der Waals surface area contributed by atoms with Gasteiger partial charge in [-0.1, -0.05) is 43.3 Å². The fourth-order valence-corrected chi connectivity index (χ4v) is 3.64. The predicted molar refractivity (Wildman–Crippen MR) is 76.5 cm³/mol. The summed E-state index contributed by atoms with van der Waals surface area (Å²) < 4.78 is 26.9. The Kier molecular flexibility index (Phi) is 3.01. The molecule has 0 saturated heterocycles. The van der Waals surface area contributed by atoms with Crippen molar-refractivity contribution in [3.63, 3.8) is 0 Å². The van der Waals surface area contributed by atoms with Crippen molar-refractivity contribution in [1.82, 2.24) is 4.72 Å². The minimum absolute atomic E-state index is 0.150. The first kappa shape index (κ1) is 13.1. The first-order valence-electron chi connectivity index (χ1n) is 6.53. The summed E-state index contributed by atoms with van der Waals surface area (Å²) in [5.41, 5.74) is 0. The van der Waals surface area contributed by atoms with Gasteiger partial charge in [0.2, 0.25) is 5.91 Å². The normalized spacial score (nSPS) is 21.6. The number of carbonyl (C=O) groups is 1. The molecule has 2 aromatic carbocycles. The second-order valence-corrected chi connectivity index (χ2v) is 6.92. The summed E-state index contributed by atoms with van der Waals surface area (Å²) in [5.74, 6) is -0.289. The number of nitrogens with one attached hydrogen (secondary N) is 1. The number of hydrogen-bond donors (Lipinski definition) is 1. The Morgan fingerprint density at radius 2 is 1.80 bits per heavy atom. The van der Waals surface area contributed by atoms with Gasteiger partial charge in [-0.25, -0.2) is 13.1 Å². The van der Waals surface area contributed by atoms with E-state index in [4.69, 9.17) is 0 Å². The molecule has 0 heterocycles. The van der Waals surface area contributed by atoms with Crippen molar-refractivity contribution in [2.75, 3.05) is 0 Å². The Balaban J connectivity index is 1.99. The lowest BCUT2D eigenvalue weighted by Gasteiger charge is -2.09. The van der Waals surface area contributed by atoms with Crippen LogP contribution < -0.4 is 4.72 Å². The van der Waals surface area contributed by atoms with Gasteiger partial charge in [0, 0.05) is 11.3 Å². The summed E-state index contributed by atoms with van der Waals surface area (Å²) >= 11 is 0. The Morgan fingerprint density at radius 1 is 1.15 bits per heavy atom. The third-order valence-electron chi connectivity index (χ3n) is 3.72. The lowest BCUT2D eigenvalue weighted by atomic mass is 10.1. The van der Waals surface area contributed by atoms with Crippen LogP contribution in [0.2, 0.25) is 0 Å². The van der Waals surface area contributed by atoms with Gasteiger partial charge in [0.25, 0.3) is 10.0 Å².